The Morgan fingerprint density at radius 3 is 1.41 bits per heavy atom. The second-order valence-corrected chi connectivity index (χ2v) is 10.6. The zero-order chi connectivity index (χ0) is 21.8. The minimum atomic E-state index is -4.12. The monoisotopic (exact) mass is 435 g/mol. The van der Waals surface area contributed by atoms with E-state index in [-0.39, 0.29) is 12.2 Å². The molecule has 0 rings (SSSR count). The van der Waals surface area contributed by atoms with E-state index in [0.717, 1.165) is 13.0 Å². The van der Waals surface area contributed by atoms with Crippen LogP contribution in [0.25, 0.3) is 0 Å². The molecule has 0 aliphatic rings. The van der Waals surface area contributed by atoms with Gasteiger partial charge in [0.05, 0.1) is 24.2 Å². The van der Waals surface area contributed by atoms with Crippen LogP contribution in [-0.4, -0.2) is 50.6 Å². The molecule has 0 unspecified atom stereocenters. The molecule has 0 aromatic carbocycles. The Bertz CT molecular complexity index is 452. The molecule has 176 valence electrons. The SMILES string of the molecule is CCCCCCCCCCCCCCCCCC[N+](C)(C)OCCCS(=O)(=O)[O-]. The molecule has 0 fully saturated rings. The van der Waals surface area contributed by atoms with Crippen molar-refractivity contribution in [1.29, 1.82) is 0 Å². The summed E-state index contributed by atoms with van der Waals surface area (Å²) in [4.78, 5) is 5.68. The molecule has 0 radical (unpaired) electrons. The number of quaternary nitrogens is 1. The highest BCUT2D eigenvalue weighted by Crippen LogP contribution is 2.14. The third-order valence-corrected chi connectivity index (χ3v) is 6.32. The van der Waals surface area contributed by atoms with Gasteiger partial charge in [-0.2, -0.15) is 4.65 Å². The van der Waals surface area contributed by atoms with Crippen LogP contribution in [0.3, 0.4) is 0 Å². The van der Waals surface area contributed by atoms with Crippen molar-refractivity contribution in [3.05, 3.63) is 0 Å². The van der Waals surface area contributed by atoms with Gasteiger partial charge in [-0.25, -0.2) is 13.3 Å². The molecule has 29 heavy (non-hydrogen) atoms. The van der Waals surface area contributed by atoms with Crippen molar-refractivity contribution in [1.82, 2.24) is 0 Å². The van der Waals surface area contributed by atoms with E-state index in [2.05, 4.69) is 6.92 Å². The molecule has 0 spiro atoms. The Kier molecular flexibility index (Phi) is 18.5. The van der Waals surface area contributed by atoms with Crippen LogP contribution in [-0.2, 0) is 15.0 Å². The summed E-state index contributed by atoms with van der Waals surface area (Å²) in [5.41, 5.74) is 0. The second kappa shape index (κ2) is 18.6. The van der Waals surface area contributed by atoms with Gasteiger partial charge in [0.2, 0.25) is 0 Å². The average molecular weight is 436 g/mol. The van der Waals surface area contributed by atoms with Crippen molar-refractivity contribution in [3.8, 4) is 0 Å². The Hall–Kier alpha value is -0.170. The fraction of sp³-hybridized carbons (Fsp3) is 1.00. The maximum absolute atomic E-state index is 10.6. The van der Waals surface area contributed by atoms with Crippen LogP contribution >= 0.6 is 0 Å². The number of hydroxylamine groups is 3. The van der Waals surface area contributed by atoms with Crippen LogP contribution in [0.4, 0.5) is 0 Å². The van der Waals surface area contributed by atoms with Gasteiger partial charge in [0.25, 0.3) is 0 Å². The van der Waals surface area contributed by atoms with Gasteiger partial charge in [0, 0.05) is 5.75 Å². The number of unbranched alkanes of at least 4 members (excludes halogenated alkanes) is 15. The number of nitrogens with zero attached hydrogens (tertiary/aromatic N) is 1. The van der Waals surface area contributed by atoms with Crippen LogP contribution in [0.5, 0.6) is 0 Å². The summed E-state index contributed by atoms with van der Waals surface area (Å²) in [6, 6.07) is 0. The first-order valence-corrected chi connectivity index (χ1v) is 13.8. The zero-order valence-corrected chi connectivity index (χ0v) is 20.4. The molecule has 6 heteroatoms. The van der Waals surface area contributed by atoms with Crippen LogP contribution in [0.1, 0.15) is 116 Å². The number of rotatable bonds is 22. The molecule has 0 N–H and O–H groups in total. The minimum absolute atomic E-state index is 0.270. The van der Waals surface area contributed by atoms with Gasteiger partial charge in [-0.15, -0.1) is 0 Å². The lowest BCUT2D eigenvalue weighted by Crippen LogP contribution is -2.40. The molecule has 0 heterocycles. The lowest BCUT2D eigenvalue weighted by Gasteiger charge is -2.27. The van der Waals surface area contributed by atoms with Gasteiger partial charge in [-0.3, -0.25) is 0 Å². The van der Waals surface area contributed by atoms with E-state index in [1.807, 2.05) is 14.1 Å². The van der Waals surface area contributed by atoms with Crippen LogP contribution in [0.15, 0.2) is 0 Å². The van der Waals surface area contributed by atoms with Crippen LogP contribution in [0, 0.1) is 0 Å². The molecule has 0 atom stereocenters. The Balaban J connectivity index is 3.31. The quantitative estimate of drug-likeness (QED) is 0.0880. The zero-order valence-electron chi connectivity index (χ0n) is 19.6. The van der Waals surface area contributed by atoms with E-state index >= 15 is 0 Å². The minimum Gasteiger partial charge on any atom is -0.748 e. The smallest absolute Gasteiger partial charge is 0.108 e. The molecule has 0 aromatic heterocycles. The van der Waals surface area contributed by atoms with E-state index in [1.165, 1.54) is 96.3 Å². The predicted octanol–water partition coefficient (Wildman–Crippen LogP) is 6.19. The van der Waals surface area contributed by atoms with E-state index < -0.39 is 10.1 Å². The maximum atomic E-state index is 10.6. The van der Waals surface area contributed by atoms with Crippen molar-refractivity contribution in [2.24, 2.45) is 0 Å². The van der Waals surface area contributed by atoms with Crippen molar-refractivity contribution in [2.45, 2.75) is 116 Å². The molecule has 0 saturated carbocycles. The van der Waals surface area contributed by atoms with E-state index in [1.54, 1.807) is 0 Å². The Morgan fingerprint density at radius 2 is 1.03 bits per heavy atom. The molecule has 0 aliphatic heterocycles. The molecule has 0 aromatic rings. The van der Waals surface area contributed by atoms with E-state index in [4.69, 9.17) is 4.84 Å². The average Bonchev–Trinajstić information content (AvgIpc) is 2.64. The molecule has 0 saturated heterocycles. The van der Waals surface area contributed by atoms with Gasteiger partial charge in [-0.05, 0) is 19.3 Å². The van der Waals surface area contributed by atoms with Crippen molar-refractivity contribution < 1.29 is 22.5 Å². The highest BCUT2D eigenvalue weighted by atomic mass is 32.2. The topological polar surface area (TPSA) is 66.4 Å². The first-order chi connectivity index (χ1) is 13.8. The normalized spacial score (nSPS) is 12.6. The lowest BCUT2D eigenvalue weighted by atomic mass is 10.0. The van der Waals surface area contributed by atoms with Crippen molar-refractivity contribution in [3.63, 3.8) is 0 Å². The van der Waals surface area contributed by atoms with Crippen LogP contribution < -0.4 is 0 Å². The van der Waals surface area contributed by atoms with Gasteiger partial charge < -0.3 is 4.55 Å². The summed E-state index contributed by atoms with van der Waals surface area (Å²) in [5, 5.41) is 0. The fourth-order valence-corrected chi connectivity index (χ4v) is 4.12. The molecule has 5 nitrogen and oxygen atoms in total. The second-order valence-electron chi connectivity index (χ2n) is 9.05. The highest BCUT2D eigenvalue weighted by molar-refractivity contribution is 7.85. The lowest BCUT2D eigenvalue weighted by molar-refractivity contribution is -1.08. The summed E-state index contributed by atoms with van der Waals surface area (Å²) < 4.78 is 32.2. The summed E-state index contributed by atoms with van der Waals surface area (Å²) >= 11 is 0. The predicted molar refractivity (Wildman–Crippen MR) is 122 cm³/mol. The summed E-state index contributed by atoms with van der Waals surface area (Å²) in [5.74, 6) is -0.341. The van der Waals surface area contributed by atoms with Crippen molar-refractivity contribution in [2.75, 3.05) is 33.0 Å². The van der Waals surface area contributed by atoms with Crippen molar-refractivity contribution >= 4 is 10.1 Å². The molecule has 0 aliphatic carbocycles. The largest absolute Gasteiger partial charge is 0.748 e. The third-order valence-electron chi connectivity index (χ3n) is 5.53. The third kappa shape index (κ3) is 24.0. The Labute approximate surface area is 181 Å². The first kappa shape index (κ1) is 28.8. The molecular formula is C23H49NO4S. The standard InChI is InChI=1S/C23H49NO4S/c1-4-5-6-7-8-9-10-11-12-13-14-15-16-17-18-19-21-24(2,3)28-22-20-23-29(25,26)27/h4-23H2,1-3H3. The fourth-order valence-electron chi connectivity index (χ4n) is 3.65. The van der Waals surface area contributed by atoms with Gasteiger partial charge >= 0.3 is 0 Å². The summed E-state index contributed by atoms with van der Waals surface area (Å²) in [6.07, 6.45) is 22.1. The summed E-state index contributed by atoms with van der Waals surface area (Å²) in [7, 11) is -0.157. The highest BCUT2D eigenvalue weighted by Gasteiger charge is 2.16. The van der Waals surface area contributed by atoms with E-state index in [0.29, 0.717) is 11.3 Å². The molecular weight excluding hydrogens is 386 g/mol. The summed E-state index contributed by atoms with van der Waals surface area (Å²) in [6.45, 7) is 3.51. The van der Waals surface area contributed by atoms with E-state index in [9.17, 15) is 13.0 Å². The first-order valence-electron chi connectivity index (χ1n) is 12.2. The van der Waals surface area contributed by atoms with Gasteiger partial charge in [0.1, 0.15) is 13.2 Å². The number of hydrogen-bond acceptors (Lipinski definition) is 4. The molecule has 0 bridgehead atoms. The molecule has 0 amide bonds. The number of hydrogen-bond donors (Lipinski definition) is 0. The van der Waals surface area contributed by atoms with Crippen LogP contribution in [0.2, 0.25) is 0 Å². The maximum Gasteiger partial charge on any atom is 0.108 e. The van der Waals surface area contributed by atoms with Gasteiger partial charge in [-0.1, -0.05) is 96.8 Å². The Morgan fingerprint density at radius 1 is 0.655 bits per heavy atom. The van der Waals surface area contributed by atoms with Gasteiger partial charge in [0.15, 0.2) is 0 Å².